The van der Waals surface area contributed by atoms with E-state index in [4.69, 9.17) is 5.11 Å². The highest BCUT2D eigenvalue weighted by Crippen LogP contribution is 2.15. The predicted molar refractivity (Wildman–Crippen MR) is 46.5 cm³/mol. The van der Waals surface area contributed by atoms with Crippen molar-refractivity contribution >= 4 is 39.3 Å². The quantitative estimate of drug-likeness (QED) is 0.796. The van der Waals surface area contributed by atoms with Crippen LogP contribution in [0.3, 0.4) is 0 Å². The molecule has 0 aliphatic rings. The zero-order chi connectivity index (χ0) is 8.27. The molecule has 1 heterocycles. The first-order valence-corrected chi connectivity index (χ1v) is 4.38. The minimum Gasteiger partial charge on any atom is -0.478 e. The van der Waals surface area contributed by atoms with E-state index in [-0.39, 0.29) is 0 Å². The van der Waals surface area contributed by atoms with Crippen LogP contribution in [0.4, 0.5) is 0 Å². The lowest BCUT2D eigenvalue weighted by Crippen LogP contribution is -1.84. The van der Waals surface area contributed by atoms with Gasteiger partial charge >= 0.3 is 5.97 Å². The Morgan fingerprint density at radius 2 is 2.55 bits per heavy atom. The molecule has 0 aliphatic heterocycles. The average Bonchev–Trinajstić information content (AvgIpc) is 2.31. The summed E-state index contributed by atoms with van der Waals surface area (Å²) in [6.07, 6.45) is 2.52. The molecule has 0 aliphatic carbocycles. The Bertz CT molecular complexity index is 295. The lowest BCUT2D eigenvalue weighted by molar-refractivity contribution is -0.131. The fourth-order valence-electron chi connectivity index (χ4n) is 0.486. The molecule has 1 aromatic heterocycles. The number of thiazole rings is 1. The molecule has 58 valence electrons. The number of aliphatic carboxylic acids is 1. The van der Waals surface area contributed by atoms with Crippen molar-refractivity contribution in [2.75, 3.05) is 0 Å². The molecular weight excluding hydrogens is 230 g/mol. The lowest BCUT2D eigenvalue weighted by atomic mass is 10.5. The lowest BCUT2D eigenvalue weighted by Gasteiger charge is -1.78. The van der Waals surface area contributed by atoms with Crippen molar-refractivity contribution in [2.45, 2.75) is 0 Å². The third kappa shape index (κ3) is 2.81. The maximum atomic E-state index is 10.1. The summed E-state index contributed by atoms with van der Waals surface area (Å²) in [7, 11) is 0. The summed E-state index contributed by atoms with van der Waals surface area (Å²) in [5.41, 5.74) is 0. The molecule has 0 atom stereocenters. The van der Waals surface area contributed by atoms with Crippen molar-refractivity contribution in [2.24, 2.45) is 0 Å². The summed E-state index contributed by atoms with van der Waals surface area (Å²) in [4.78, 5) is 14.0. The molecule has 0 bridgehead atoms. The number of aromatic nitrogens is 1. The highest BCUT2D eigenvalue weighted by atomic mass is 79.9. The summed E-state index contributed by atoms with van der Waals surface area (Å²) >= 11 is 4.54. The van der Waals surface area contributed by atoms with E-state index >= 15 is 0 Å². The molecule has 0 amide bonds. The van der Waals surface area contributed by atoms with Gasteiger partial charge < -0.3 is 5.11 Å². The molecule has 3 nitrogen and oxygen atoms in total. The van der Waals surface area contributed by atoms with Gasteiger partial charge in [0.1, 0.15) is 9.61 Å². The minimum atomic E-state index is -0.962. The zero-order valence-electron chi connectivity index (χ0n) is 5.32. The van der Waals surface area contributed by atoms with Gasteiger partial charge in [0.2, 0.25) is 0 Å². The van der Waals surface area contributed by atoms with Crippen LogP contribution >= 0.6 is 27.3 Å². The van der Waals surface area contributed by atoms with Gasteiger partial charge in [-0.05, 0) is 22.0 Å². The van der Waals surface area contributed by atoms with E-state index in [1.54, 1.807) is 5.38 Å². The second-order valence-electron chi connectivity index (χ2n) is 1.68. The van der Waals surface area contributed by atoms with Crippen molar-refractivity contribution in [1.82, 2.24) is 4.98 Å². The van der Waals surface area contributed by atoms with E-state index in [1.807, 2.05) is 0 Å². The summed E-state index contributed by atoms with van der Waals surface area (Å²) in [6.45, 7) is 0. The summed E-state index contributed by atoms with van der Waals surface area (Å²) < 4.78 is 0.729. The van der Waals surface area contributed by atoms with Crippen molar-refractivity contribution in [3.63, 3.8) is 0 Å². The Labute approximate surface area is 75.5 Å². The molecule has 0 spiro atoms. The van der Waals surface area contributed by atoms with Crippen LogP contribution < -0.4 is 0 Å². The van der Waals surface area contributed by atoms with Crippen LogP contribution in [0, 0.1) is 0 Å². The van der Waals surface area contributed by atoms with E-state index in [1.165, 1.54) is 17.4 Å². The molecule has 11 heavy (non-hydrogen) atoms. The highest BCUT2D eigenvalue weighted by Gasteiger charge is 1.94. The molecule has 0 saturated heterocycles. The Morgan fingerprint density at radius 1 is 1.82 bits per heavy atom. The van der Waals surface area contributed by atoms with Gasteiger partial charge in [-0.2, -0.15) is 0 Å². The highest BCUT2D eigenvalue weighted by molar-refractivity contribution is 9.10. The van der Waals surface area contributed by atoms with Crippen LogP contribution in [-0.2, 0) is 4.79 Å². The number of carboxylic acids is 1. The molecular formula is C6H4BrNO2S. The number of nitrogens with zero attached hydrogens (tertiary/aromatic N) is 1. The topological polar surface area (TPSA) is 50.2 Å². The second kappa shape index (κ2) is 3.64. The van der Waals surface area contributed by atoms with E-state index < -0.39 is 5.97 Å². The van der Waals surface area contributed by atoms with Crippen LogP contribution in [0.5, 0.6) is 0 Å². The Morgan fingerprint density at radius 3 is 3.00 bits per heavy atom. The number of rotatable bonds is 2. The first kappa shape index (κ1) is 8.42. The van der Waals surface area contributed by atoms with Gasteiger partial charge in [-0.3, -0.25) is 0 Å². The summed E-state index contributed by atoms with van der Waals surface area (Å²) in [5, 5.41) is 10.7. The van der Waals surface area contributed by atoms with E-state index in [0.29, 0.717) is 5.01 Å². The smallest absolute Gasteiger partial charge is 0.328 e. The SMILES string of the molecule is O=C(O)/C=C/c1nc(Br)cs1. The Balaban J connectivity index is 2.71. The first-order chi connectivity index (χ1) is 5.18. The van der Waals surface area contributed by atoms with Crippen molar-refractivity contribution in [3.8, 4) is 0 Å². The summed E-state index contributed by atoms with van der Waals surface area (Å²) in [5.74, 6) is -0.962. The molecule has 0 saturated carbocycles. The number of halogens is 1. The Kier molecular flexibility index (Phi) is 2.78. The third-order valence-electron chi connectivity index (χ3n) is 0.862. The molecule has 0 aromatic carbocycles. The van der Waals surface area contributed by atoms with Crippen LogP contribution in [-0.4, -0.2) is 16.1 Å². The predicted octanol–water partition coefficient (Wildman–Crippen LogP) is 2.00. The minimum absolute atomic E-state index is 0.680. The van der Waals surface area contributed by atoms with Gasteiger partial charge in [0.15, 0.2) is 0 Å². The normalized spacial score (nSPS) is 10.6. The fourth-order valence-corrected chi connectivity index (χ4v) is 1.64. The van der Waals surface area contributed by atoms with Gasteiger partial charge in [0, 0.05) is 11.5 Å². The number of carboxylic acid groups (broad SMARTS) is 1. The van der Waals surface area contributed by atoms with Crippen LogP contribution in [0.25, 0.3) is 6.08 Å². The van der Waals surface area contributed by atoms with Crippen molar-refractivity contribution in [1.29, 1.82) is 0 Å². The first-order valence-electron chi connectivity index (χ1n) is 2.70. The van der Waals surface area contributed by atoms with E-state index in [2.05, 4.69) is 20.9 Å². The van der Waals surface area contributed by atoms with Gasteiger partial charge in [0.25, 0.3) is 0 Å². The third-order valence-corrected chi connectivity index (χ3v) is 2.38. The van der Waals surface area contributed by atoms with Crippen LogP contribution in [0.15, 0.2) is 16.1 Å². The maximum absolute atomic E-state index is 10.1. The van der Waals surface area contributed by atoms with Crippen LogP contribution in [0.1, 0.15) is 5.01 Å². The van der Waals surface area contributed by atoms with E-state index in [9.17, 15) is 4.79 Å². The number of carbonyl (C=O) groups is 1. The van der Waals surface area contributed by atoms with Crippen LogP contribution in [0.2, 0.25) is 0 Å². The second-order valence-corrected chi connectivity index (χ2v) is 3.38. The molecule has 0 unspecified atom stereocenters. The monoisotopic (exact) mass is 233 g/mol. The van der Waals surface area contributed by atoms with E-state index in [0.717, 1.165) is 10.7 Å². The van der Waals surface area contributed by atoms with Crippen molar-refractivity contribution in [3.05, 3.63) is 21.1 Å². The van der Waals surface area contributed by atoms with Gasteiger partial charge in [-0.25, -0.2) is 9.78 Å². The van der Waals surface area contributed by atoms with Gasteiger partial charge in [-0.1, -0.05) is 0 Å². The fraction of sp³-hybridized carbons (Fsp3) is 0. The Hall–Kier alpha value is -0.680. The number of hydrogen-bond donors (Lipinski definition) is 1. The zero-order valence-corrected chi connectivity index (χ0v) is 7.72. The molecule has 5 heteroatoms. The molecule has 1 aromatic rings. The molecule has 0 radical (unpaired) electrons. The van der Waals surface area contributed by atoms with Crippen molar-refractivity contribution < 1.29 is 9.90 Å². The molecule has 1 N–H and O–H groups in total. The average molecular weight is 234 g/mol. The molecule has 1 rings (SSSR count). The standard InChI is InChI=1S/C6H4BrNO2S/c7-4-3-11-5(8-4)1-2-6(9)10/h1-3H,(H,9,10)/b2-1+. The van der Waals surface area contributed by atoms with Gasteiger partial charge in [-0.15, -0.1) is 11.3 Å². The molecule has 0 fully saturated rings. The maximum Gasteiger partial charge on any atom is 0.328 e. The summed E-state index contributed by atoms with van der Waals surface area (Å²) in [6, 6.07) is 0. The largest absolute Gasteiger partial charge is 0.478 e. The number of hydrogen-bond acceptors (Lipinski definition) is 3. The van der Waals surface area contributed by atoms with Gasteiger partial charge in [0.05, 0.1) is 0 Å².